The first-order chi connectivity index (χ1) is 12.1. The van der Waals surface area contributed by atoms with Crippen molar-refractivity contribution in [3.63, 3.8) is 0 Å². The van der Waals surface area contributed by atoms with E-state index in [0.717, 1.165) is 44.0 Å². The van der Waals surface area contributed by atoms with Gasteiger partial charge in [-0.15, -0.1) is 0 Å². The van der Waals surface area contributed by atoms with Gasteiger partial charge in [-0.3, -0.25) is 9.59 Å². The van der Waals surface area contributed by atoms with Crippen molar-refractivity contribution in [2.75, 3.05) is 36.5 Å². The summed E-state index contributed by atoms with van der Waals surface area (Å²) in [6.07, 6.45) is 3.63. The molecule has 1 aromatic rings. The van der Waals surface area contributed by atoms with E-state index >= 15 is 0 Å². The number of carbonyl (C=O) groups is 2. The molecular weight excluding hydrogens is 358 g/mol. The van der Waals surface area contributed by atoms with Crippen LogP contribution in [0.2, 0.25) is 5.02 Å². The Bertz CT molecular complexity index is 629. The minimum Gasteiger partial charge on any atom is -0.339 e. The van der Waals surface area contributed by atoms with Crippen LogP contribution in [-0.4, -0.2) is 53.9 Å². The number of likely N-dealkylation sites (tertiary alicyclic amines) is 1. The second-order valence-corrected chi connectivity index (χ2v) is 8.11. The molecule has 1 unspecified atom stereocenters. The van der Waals surface area contributed by atoms with Crippen LogP contribution in [0.4, 0.5) is 5.69 Å². The summed E-state index contributed by atoms with van der Waals surface area (Å²) in [5.41, 5.74) is 1.03. The van der Waals surface area contributed by atoms with Crippen LogP contribution in [-0.2, 0) is 4.79 Å². The summed E-state index contributed by atoms with van der Waals surface area (Å²) in [6.45, 7) is 2.48. The number of hydrogen-bond donors (Lipinski definition) is 2. The standard InChI is InChI=1S/C18H24ClN3O2S/c19-13-4-5-15(18(24)22-7-2-1-3-8-22)16(10-13)21-17(23)11-14-12-25-9-6-20-14/h4-5,10,14,20H,1-3,6-9,11-12H2,(H,21,23). The van der Waals surface area contributed by atoms with E-state index in [0.29, 0.717) is 22.7 Å². The third-order valence-electron chi connectivity index (χ3n) is 4.56. The van der Waals surface area contributed by atoms with Crippen LogP contribution < -0.4 is 10.6 Å². The molecule has 0 spiro atoms. The van der Waals surface area contributed by atoms with Crippen molar-refractivity contribution in [3.05, 3.63) is 28.8 Å². The molecule has 2 saturated heterocycles. The lowest BCUT2D eigenvalue weighted by Crippen LogP contribution is -2.40. The molecule has 1 aromatic carbocycles. The SMILES string of the molecule is O=C(CC1CSCCN1)Nc1cc(Cl)ccc1C(=O)N1CCCCC1. The van der Waals surface area contributed by atoms with Crippen LogP contribution in [0.1, 0.15) is 36.0 Å². The van der Waals surface area contributed by atoms with E-state index in [4.69, 9.17) is 11.6 Å². The van der Waals surface area contributed by atoms with E-state index in [1.54, 1.807) is 18.2 Å². The summed E-state index contributed by atoms with van der Waals surface area (Å²) in [5, 5.41) is 6.76. The van der Waals surface area contributed by atoms with Gasteiger partial charge in [-0.25, -0.2) is 0 Å². The number of nitrogens with zero attached hydrogens (tertiary/aromatic N) is 1. The molecule has 3 rings (SSSR count). The highest BCUT2D eigenvalue weighted by Gasteiger charge is 2.23. The number of anilines is 1. The fraction of sp³-hybridized carbons (Fsp3) is 0.556. The largest absolute Gasteiger partial charge is 0.339 e. The van der Waals surface area contributed by atoms with E-state index < -0.39 is 0 Å². The summed E-state index contributed by atoms with van der Waals surface area (Å²) in [6, 6.07) is 5.26. The Hall–Kier alpha value is -1.24. The molecule has 0 aromatic heterocycles. The summed E-state index contributed by atoms with van der Waals surface area (Å²) >= 11 is 7.95. The fourth-order valence-corrected chi connectivity index (χ4v) is 4.37. The molecule has 136 valence electrons. The number of nitrogens with one attached hydrogen (secondary N) is 2. The van der Waals surface area contributed by atoms with Crippen LogP contribution in [0.5, 0.6) is 0 Å². The van der Waals surface area contributed by atoms with Crippen LogP contribution >= 0.6 is 23.4 Å². The van der Waals surface area contributed by atoms with Crippen molar-refractivity contribution in [1.29, 1.82) is 0 Å². The fourth-order valence-electron chi connectivity index (χ4n) is 3.25. The van der Waals surface area contributed by atoms with Gasteiger partial charge in [-0.1, -0.05) is 11.6 Å². The topological polar surface area (TPSA) is 61.4 Å². The van der Waals surface area contributed by atoms with Crippen molar-refractivity contribution in [3.8, 4) is 0 Å². The Balaban J connectivity index is 1.69. The molecule has 0 saturated carbocycles. The molecule has 0 radical (unpaired) electrons. The molecular formula is C18H24ClN3O2S. The first kappa shape index (κ1) is 18.5. The van der Waals surface area contributed by atoms with Gasteiger partial charge < -0.3 is 15.5 Å². The molecule has 25 heavy (non-hydrogen) atoms. The van der Waals surface area contributed by atoms with E-state index in [9.17, 15) is 9.59 Å². The minimum absolute atomic E-state index is 0.0296. The Labute approximate surface area is 157 Å². The maximum absolute atomic E-state index is 12.8. The maximum atomic E-state index is 12.8. The molecule has 5 nitrogen and oxygen atoms in total. The second-order valence-electron chi connectivity index (χ2n) is 6.52. The summed E-state index contributed by atoms with van der Waals surface area (Å²) in [7, 11) is 0. The van der Waals surface area contributed by atoms with Crippen molar-refractivity contribution >= 4 is 40.9 Å². The predicted octanol–water partition coefficient (Wildman–Crippen LogP) is 3.00. The zero-order valence-corrected chi connectivity index (χ0v) is 15.8. The van der Waals surface area contributed by atoms with Gasteiger partial charge in [-0.05, 0) is 37.5 Å². The second kappa shape index (κ2) is 8.92. The lowest BCUT2D eigenvalue weighted by atomic mass is 10.1. The average molecular weight is 382 g/mol. The minimum atomic E-state index is -0.0880. The number of halogens is 1. The summed E-state index contributed by atoms with van der Waals surface area (Å²) < 4.78 is 0. The van der Waals surface area contributed by atoms with Crippen LogP contribution in [0.15, 0.2) is 18.2 Å². The number of benzene rings is 1. The van der Waals surface area contributed by atoms with Gasteiger partial charge in [0.15, 0.2) is 0 Å². The van der Waals surface area contributed by atoms with Crippen LogP contribution in [0, 0.1) is 0 Å². The Morgan fingerprint density at radius 3 is 2.80 bits per heavy atom. The Morgan fingerprint density at radius 1 is 1.28 bits per heavy atom. The zero-order valence-electron chi connectivity index (χ0n) is 14.2. The summed E-state index contributed by atoms with van der Waals surface area (Å²) in [5.74, 6) is 1.90. The lowest BCUT2D eigenvalue weighted by molar-refractivity contribution is -0.116. The van der Waals surface area contributed by atoms with Gasteiger partial charge in [0, 0.05) is 48.6 Å². The first-order valence-corrected chi connectivity index (χ1v) is 10.4. The number of piperidine rings is 1. The quantitative estimate of drug-likeness (QED) is 0.841. The van der Waals surface area contributed by atoms with Crippen molar-refractivity contribution in [2.24, 2.45) is 0 Å². The van der Waals surface area contributed by atoms with Crippen molar-refractivity contribution in [2.45, 2.75) is 31.7 Å². The molecule has 2 fully saturated rings. The van der Waals surface area contributed by atoms with Gasteiger partial charge in [0.05, 0.1) is 11.3 Å². The van der Waals surface area contributed by atoms with E-state index in [-0.39, 0.29) is 17.9 Å². The van der Waals surface area contributed by atoms with Crippen LogP contribution in [0.3, 0.4) is 0 Å². The number of thioether (sulfide) groups is 1. The molecule has 2 amide bonds. The Kier molecular flexibility index (Phi) is 6.62. The van der Waals surface area contributed by atoms with Gasteiger partial charge in [0.25, 0.3) is 5.91 Å². The normalized spacial score (nSPS) is 21.0. The van der Waals surface area contributed by atoms with Gasteiger partial charge >= 0.3 is 0 Å². The number of rotatable bonds is 4. The third-order valence-corrected chi connectivity index (χ3v) is 5.93. The summed E-state index contributed by atoms with van der Waals surface area (Å²) in [4.78, 5) is 27.1. The van der Waals surface area contributed by atoms with E-state index in [1.807, 2.05) is 16.7 Å². The highest BCUT2D eigenvalue weighted by molar-refractivity contribution is 7.99. The smallest absolute Gasteiger partial charge is 0.255 e. The van der Waals surface area contributed by atoms with E-state index in [1.165, 1.54) is 6.42 Å². The monoisotopic (exact) mass is 381 g/mol. The number of hydrogen-bond acceptors (Lipinski definition) is 4. The van der Waals surface area contributed by atoms with Gasteiger partial charge in [0.2, 0.25) is 5.91 Å². The molecule has 0 bridgehead atoms. The molecule has 0 aliphatic carbocycles. The van der Waals surface area contributed by atoms with Gasteiger partial charge in [-0.2, -0.15) is 11.8 Å². The van der Waals surface area contributed by atoms with Gasteiger partial charge in [0.1, 0.15) is 0 Å². The van der Waals surface area contributed by atoms with E-state index in [2.05, 4.69) is 10.6 Å². The molecule has 2 N–H and O–H groups in total. The van der Waals surface area contributed by atoms with Crippen LogP contribution in [0.25, 0.3) is 0 Å². The average Bonchev–Trinajstić information content (AvgIpc) is 2.63. The number of amides is 2. The molecule has 2 aliphatic rings. The number of carbonyl (C=O) groups excluding carboxylic acids is 2. The first-order valence-electron chi connectivity index (χ1n) is 8.83. The molecule has 2 heterocycles. The lowest BCUT2D eigenvalue weighted by Gasteiger charge is -2.27. The predicted molar refractivity (Wildman–Crippen MR) is 104 cm³/mol. The highest BCUT2D eigenvalue weighted by Crippen LogP contribution is 2.24. The van der Waals surface area contributed by atoms with Crippen molar-refractivity contribution in [1.82, 2.24) is 10.2 Å². The molecule has 2 aliphatic heterocycles. The van der Waals surface area contributed by atoms with Crippen molar-refractivity contribution < 1.29 is 9.59 Å². The zero-order chi connectivity index (χ0) is 17.6. The molecule has 1 atom stereocenters. The Morgan fingerprint density at radius 2 is 2.08 bits per heavy atom. The third kappa shape index (κ3) is 5.12. The molecule has 7 heteroatoms. The maximum Gasteiger partial charge on any atom is 0.255 e. The highest BCUT2D eigenvalue weighted by atomic mass is 35.5.